The fourth-order valence-electron chi connectivity index (χ4n) is 3.37. The van der Waals surface area contributed by atoms with E-state index in [1.54, 1.807) is 22.6 Å². The third kappa shape index (κ3) is 3.73. The number of rotatable bonds is 5. The summed E-state index contributed by atoms with van der Waals surface area (Å²) in [6, 6.07) is 18.3. The van der Waals surface area contributed by atoms with Crippen LogP contribution in [0.25, 0.3) is 22.1 Å². The third-order valence-corrected chi connectivity index (χ3v) is 7.12. The molecule has 0 aliphatic heterocycles. The Morgan fingerprint density at radius 2 is 1.70 bits per heavy atom. The summed E-state index contributed by atoms with van der Waals surface area (Å²) in [7, 11) is -4.41. The topological polar surface area (TPSA) is 121 Å². The number of hydrogen-bond acceptors (Lipinski definition) is 8. The molecule has 0 N–H and O–H groups in total. The van der Waals surface area contributed by atoms with E-state index in [2.05, 4.69) is 4.98 Å². The first-order valence-electron chi connectivity index (χ1n) is 9.53. The van der Waals surface area contributed by atoms with Crippen LogP contribution in [0, 0.1) is 10.1 Å². The predicted octanol–water partition coefficient (Wildman–Crippen LogP) is 3.13. The summed E-state index contributed by atoms with van der Waals surface area (Å²) < 4.78 is 32.2. The van der Waals surface area contributed by atoms with Gasteiger partial charge in [-0.3, -0.25) is 14.9 Å². The Morgan fingerprint density at radius 1 is 1.00 bits per heavy atom. The molecule has 0 atom stereocenters. The standard InChI is InChI=1S/C22H13N3O6S2/c26-21-19(32-22-23-16-5-1-2-6-17(16)24(21)22)13-14-9-11-15(12-10-14)31-33(29,30)20-8-4-3-7-18(20)25(27)28/h1-13H/b19-13-. The quantitative estimate of drug-likeness (QED) is 0.216. The lowest BCUT2D eigenvalue weighted by atomic mass is 10.2. The Kier molecular flexibility index (Phi) is 4.91. The van der Waals surface area contributed by atoms with Gasteiger partial charge in [-0.2, -0.15) is 8.42 Å². The second kappa shape index (κ2) is 7.80. The van der Waals surface area contributed by atoms with Crippen molar-refractivity contribution in [2.24, 2.45) is 0 Å². The molecule has 0 amide bonds. The molecule has 0 aliphatic rings. The molecule has 5 aromatic rings. The van der Waals surface area contributed by atoms with E-state index >= 15 is 0 Å². The van der Waals surface area contributed by atoms with Crippen LogP contribution >= 0.6 is 11.3 Å². The molecule has 5 rings (SSSR count). The van der Waals surface area contributed by atoms with Crippen LogP contribution in [0.1, 0.15) is 5.56 Å². The van der Waals surface area contributed by atoms with Gasteiger partial charge in [0, 0.05) is 6.07 Å². The second-order valence-electron chi connectivity index (χ2n) is 6.97. The monoisotopic (exact) mass is 479 g/mol. The Balaban J connectivity index is 1.46. The predicted molar refractivity (Wildman–Crippen MR) is 123 cm³/mol. The lowest BCUT2D eigenvalue weighted by Crippen LogP contribution is -2.22. The van der Waals surface area contributed by atoms with Crippen LogP contribution in [0.2, 0.25) is 0 Å². The fourth-order valence-corrected chi connectivity index (χ4v) is 5.46. The summed E-state index contributed by atoms with van der Waals surface area (Å²) in [6.07, 6.45) is 1.68. The molecular weight excluding hydrogens is 466 g/mol. The smallest absolute Gasteiger partial charge is 0.346 e. The van der Waals surface area contributed by atoms with Gasteiger partial charge in [-0.1, -0.05) is 47.7 Å². The number of benzene rings is 3. The average Bonchev–Trinajstić information content (AvgIpc) is 3.31. The van der Waals surface area contributed by atoms with Crippen molar-refractivity contribution in [1.82, 2.24) is 9.38 Å². The van der Waals surface area contributed by atoms with E-state index in [9.17, 15) is 23.3 Å². The molecule has 2 aromatic heterocycles. The maximum Gasteiger partial charge on any atom is 0.346 e. The summed E-state index contributed by atoms with van der Waals surface area (Å²) in [5, 5.41) is 11.1. The highest BCUT2D eigenvalue weighted by molar-refractivity contribution is 7.87. The van der Waals surface area contributed by atoms with Gasteiger partial charge >= 0.3 is 10.1 Å². The third-order valence-electron chi connectivity index (χ3n) is 4.86. The van der Waals surface area contributed by atoms with Crippen molar-refractivity contribution in [3.63, 3.8) is 0 Å². The molecule has 0 fully saturated rings. The van der Waals surface area contributed by atoms with E-state index in [1.165, 1.54) is 35.6 Å². The van der Waals surface area contributed by atoms with Crippen LogP contribution in [-0.4, -0.2) is 22.7 Å². The van der Waals surface area contributed by atoms with Crippen molar-refractivity contribution in [1.29, 1.82) is 0 Å². The number of nitro benzene ring substituents is 1. The highest BCUT2D eigenvalue weighted by atomic mass is 32.2. The molecular formula is C22H13N3O6S2. The summed E-state index contributed by atoms with van der Waals surface area (Å²) in [6.45, 7) is 0. The Bertz CT molecular complexity index is 1760. The molecule has 9 nitrogen and oxygen atoms in total. The molecule has 0 unspecified atom stereocenters. The fraction of sp³-hybridized carbons (Fsp3) is 0. The van der Waals surface area contributed by atoms with Gasteiger partial charge in [-0.15, -0.1) is 0 Å². The second-order valence-corrected chi connectivity index (χ2v) is 9.49. The largest absolute Gasteiger partial charge is 0.379 e. The first-order chi connectivity index (χ1) is 15.8. The molecule has 164 valence electrons. The maximum atomic E-state index is 12.8. The van der Waals surface area contributed by atoms with Crippen molar-refractivity contribution in [2.75, 3.05) is 0 Å². The van der Waals surface area contributed by atoms with Crippen molar-refractivity contribution >= 4 is 49.2 Å². The van der Waals surface area contributed by atoms with Crippen LogP contribution < -0.4 is 14.3 Å². The zero-order chi connectivity index (χ0) is 23.2. The van der Waals surface area contributed by atoms with E-state index in [0.717, 1.165) is 23.2 Å². The molecule has 2 heterocycles. The van der Waals surface area contributed by atoms with E-state index in [0.29, 0.717) is 15.1 Å². The SMILES string of the molecule is O=c1/c(=C/c2ccc(OS(=O)(=O)c3ccccc3[N+](=O)[O-])cc2)sc2nc3ccccc3n12. The number of thiazole rings is 1. The van der Waals surface area contributed by atoms with Crippen molar-refractivity contribution in [3.8, 4) is 5.75 Å². The van der Waals surface area contributed by atoms with Crippen LogP contribution in [0.4, 0.5) is 5.69 Å². The molecule has 11 heteroatoms. The lowest BCUT2D eigenvalue weighted by Gasteiger charge is -2.07. The molecule has 0 aliphatic carbocycles. The Labute approximate surface area is 190 Å². The van der Waals surface area contributed by atoms with Crippen molar-refractivity contribution in [3.05, 3.63) is 103 Å². The summed E-state index contributed by atoms with van der Waals surface area (Å²) in [5.41, 5.74) is 1.37. The number of nitrogens with zero attached hydrogens (tertiary/aromatic N) is 3. The van der Waals surface area contributed by atoms with Gasteiger partial charge in [-0.05, 0) is 42.0 Å². The number of nitro groups is 1. The van der Waals surface area contributed by atoms with Gasteiger partial charge in [0.1, 0.15) is 5.75 Å². The van der Waals surface area contributed by atoms with Gasteiger partial charge in [0.15, 0.2) is 9.86 Å². The Morgan fingerprint density at radius 3 is 2.45 bits per heavy atom. The van der Waals surface area contributed by atoms with Gasteiger partial charge in [0.05, 0.1) is 20.5 Å². The first kappa shape index (κ1) is 20.8. The molecule has 3 aromatic carbocycles. The number of aromatic nitrogens is 2. The minimum atomic E-state index is -4.41. The Hall–Kier alpha value is -4.09. The maximum absolute atomic E-state index is 12.8. The molecule has 33 heavy (non-hydrogen) atoms. The van der Waals surface area contributed by atoms with Gasteiger partial charge in [0.25, 0.3) is 11.2 Å². The van der Waals surface area contributed by atoms with Crippen LogP contribution in [0.15, 0.2) is 82.5 Å². The molecule has 0 spiro atoms. The van der Waals surface area contributed by atoms with Crippen LogP contribution in [-0.2, 0) is 10.1 Å². The highest BCUT2D eigenvalue weighted by Gasteiger charge is 2.27. The zero-order valence-corrected chi connectivity index (χ0v) is 18.2. The number of fused-ring (bicyclic) bond motifs is 3. The number of hydrogen-bond donors (Lipinski definition) is 0. The van der Waals surface area contributed by atoms with E-state index in [1.807, 2.05) is 24.3 Å². The summed E-state index contributed by atoms with van der Waals surface area (Å²) in [5.74, 6) is -0.0142. The number of imidazole rings is 1. The van der Waals surface area contributed by atoms with Gasteiger partial charge in [-0.25, -0.2) is 9.38 Å². The molecule has 0 radical (unpaired) electrons. The minimum absolute atomic E-state index is 0.0142. The van der Waals surface area contributed by atoms with Gasteiger partial charge in [0.2, 0.25) is 0 Å². The lowest BCUT2D eigenvalue weighted by molar-refractivity contribution is -0.387. The van der Waals surface area contributed by atoms with E-state index in [4.69, 9.17) is 4.18 Å². The molecule has 0 saturated heterocycles. The highest BCUT2D eigenvalue weighted by Crippen LogP contribution is 2.26. The van der Waals surface area contributed by atoms with E-state index < -0.39 is 25.6 Å². The number of para-hydroxylation sites is 3. The molecule has 0 bridgehead atoms. The van der Waals surface area contributed by atoms with Crippen molar-refractivity contribution < 1.29 is 17.5 Å². The zero-order valence-electron chi connectivity index (χ0n) is 16.6. The van der Waals surface area contributed by atoms with Crippen LogP contribution in [0.5, 0.6) is 5.75 Å². The normalized spacial score (nSPS) is 12.4. The molecule has 0 saturated carbocycles. The van der Waals surface area contributed by atoms with Gasteiger partial charge < -0.3 is 4.18 Å². The van der Waals surface area contributed by atoms with Crippen molar-refractivity contribution in [2.45, 2.75) is 4.90 Å². The summed E-state index contributed by atoms with van der Waals surface area (Å²) >= 11 is 1.25. The average molecular weight is 479 g/mol. The first-order valence-corrected chi connectivity index (χ1v) is 11.8. The minimum Gasteiger partial charge on any atom is -0.379 e. The summed E-state index contributed by atoms with van der Waals surface area (Å²) in [4.78, 5) is 27.7. The van der Waals surface area contributed by atoms with E-state index in [-0.39, 0.29) is 11.3 Å². The van der Waals surface area contributed by atoms with Crippen LogP contribution in [0.3, 0.4) is 0 Å².